The number of benzene rings is 2. The van der Waals surface area contributed by atoms with Gasteiger partial charge in [-0.1, -0.05) is 13.8 Å². The number of phenolic OH excluding ortho intramolecular Hbond substituents is 1. The molecule has 7 nitrogen and oxygen atoms in total. The first kappa shape index (κ1) is 19.3. The van der Waals surface area contributed by atoms with Gasteiger partial charge in [0.1, 0.15) is 11.5 Å². The number of rotatable bonds is 5. The highest BCUT2D eigenvalue weighted by Crippen LogP contribution is 2.46. The molecule has 2 aromatic carbocycles. The number of methoxy groups -OCH3 is 1. The van der Waals surface area contributed by atoms with Crippen LogP contribution in [0.15, 0.2) is 35.2 Å². The van der Waals surface area contributed by atoms with Crippen molar-refractivity contribution in [2.45, 2.75) is 31.1 Å². The van der Waals surface area contributed by atoms with Crippen LogP contribution in [0, 0.1) is 0 Å². The van der Waals surface area contributed by atoms with E-state index in [0.29, 0.717) is 22.8 Å². The second-order valence-corrected chi connectivity index (χ2v) is 8.27. The molecule has 1 amide bonds. The third-order valence-electron chi connectivity index (χ3n) is 5.05. The van der Waals surface area contributed by atoms with Crippen molar-refractivity contribution < 1.29 is 14.6 Å². The number of hydrogen-bond acceptors (Lipinski definition) is 6. The molecular formula is C21H22N4O3S. The number of aromatic hydroxyl groups is 1. The number of phenols is 1. The minimum Gasteiger partial charge on any atom is -0.507 e. The van der Waals surface area contributed by atoms with Crippen LogP contribution < -0.4 is 10.5 Å². The summed E-state index contributed by atoms with van der Waals surface area (Å²) in [5.41, 5.74) is 8.84. The molecule has 2 heterocycles. The topological polar surface area (TPSA) is 103 Å². The molecule has 1 aliphatic rings. The average molecular weight is 410 g/mol. The van der Waals surface area contributed by atoms with Gasteiger partial charge in [0.15, 0.2) is 5.82 Å². The molecule has 1 aromatic heterocycles. The van der Waals surface area contributed by atoms with Crippen molar-refractivity contribution in [1.29, 1.82) is 0 Å². The molecule has 3 aromatic rings. The van der Waals surface area contributed by atoms with Gasteiger partial charge in [0, 0.05) is 21.9 Å². The number of aromatic nitrogens is 3. The number of carbonyl (C=O) groups excluding carboxylic acids is 1. The lowest BCUT2D eigenvalue weighted by Gasteiger charge is -2.17. The minimum absolute atomic E-state index is 0.00513. The van der Waals surface area contributed by atoms with Crippen LogP contribution in [0.25, 0.3) is 17.1 Å². The molecule has 1 aliphatic heterocycles. The SMILES string of the molecule is COc1ccc(-n2c(C(N)=O)nnc2-c2cc(C(C)C)c3c(c2O)CCS3)cc1. The van der Waals surface area contributed by atoms with Gasteiger partial charge in [0.25, 0.3) is 5.91 Å². The zero-order valence-electron chi connectivity index (χ0n) is 16.5. The molecule has 0 unspecified atom stereocenters. The normalized spacial score (nSPS) is 13.0. The molecule has 0 aliphatic carbocycles. The molecule has 3 N–H and O–H groups in total. The van der Waals surface area contributed by atoms with Gasteiger partial charge in [-0.15, -0.1) is 22.0 Å². The fourth-order valence-electron chi connectivity index (χ4n) is 3.58. The van der Waals surface area contributed by atoms with Crippen LogP contribution in [0.2, 0.25) is 0 Å². The summed E-state index contributed by atoms with van der Waals surface area (Å²) in [5.74, 6) is 1.77. The van der Waals surface area contributed by atoms with Crippen LogP contribution in [0.1, 0.15) is 41.5 Å². The third-order valence-corrected chi connectivity index (χ3v) is 6.23. The Morgan fingerprint density at radius 3 is 2.62 bits per heavy atom. The molecule has 0 spiro atoms. The lowest BCUT2D eigenvalue weighted by Crippen LogP contribution is -2.18. The van der Waals surface area contributed by atoms with Crippen molar-refractivity contribution in [3.05, 3.63) is 47.3 Å². The highest BCUT2D eigenvalue weighted by molar-refractivity contribution is 7.99. The van der Waals surface area contributed by atoms with Gasteiger partial charge in [-0.05, 0) is 48.2 Å². The molecule has 0 saturated heterocycles. The summed E-state index contributed by atoms with van der Waals surface area (Å²) in [4.78, 5) is 13.2. The summed E-state index contributed by atoms with van der Waals surface area (Å²) in [6.07, 6.45) is 0.790. The Bertz CT molecular complexity index is 1090. The lowest BCUT2D eigenvalue weighted by molar-refractivity contribution is 0.0988. The van der Waals surface area contributed by atoms with Crippen molar-refractivity contribution in [1.82, 2.24) is 14.8 Å². The summed E-state index contributed by atoms with van der Waals surface area (Å²) >= 11 is 1.76. The number of fused-ring (bicyclic) bond motifs is 1. The van der Waals surface area contributed by atoms with E-state index in [1.54, 1.807) is 47.7 Å². The first-order chi connectivity index (χ1) is 13.9. The largest absolute Gasteiger partial charge is 0.507 e. The maximum absolute atomic E-state index is 12.0. The van der Waals surface area contributed by atoms with E-state index in [1.165, 1.54) is 0 Å². The van der Waals surface area contributed by atoms with E-state index in [0.717, 1.165) is 28.2 Å². The van der Waals surface area contributed by atoms with Crippen LogP contribution in [-0.4, -0.2) is 38.6 Å². The number of thioether (sulfide) groups is 1. The number of nitrogens with zero attached hydrogens (tertiary/aromatic N) is 3. The molecule has 0 bridgehead atoms. The van der Waals surface area contributed by atoms with E-state index in [-0.39, 0.29) is 17.5 Å². The van der Waals surface area contributed by atoms with Crippen LogP contribution in [0.3, 0.4) is 0 Å². The van der Waals surface area contributed by atoms with E-state index in [4.69, 9.17) is 10.5 Å². The molecule has 4 rings (SSSR count). The number of ether oxygens (including phenoxy) is 1. The molecule has 0 radical (unpaired) electrons. The first-order valence-corrected chi connectivity index (χ1v) is 10.3. The average Bonchev–Trinajstić information content (AvgIpc) is 3.36. The maximum atomic E-state index is 12.0. The van der Waals surface area contributed by atoms with Crippen molar-refractivity contribution in [2.24, 2.45) is 5.73 Å². The highest BCUT2D eigenvalue weighted by atomic mass is 32.2. The number of nitrogens with two attached hydrogens (primary N) is 1. The van der Waals surface area contributed by atoms with Gasteiger partial charge in [-0.2, -0.15) is 0 Å². The standard InChI is InChI=1S/C21H22N4O3S/c1-11(2)15-10-16(17(26)14-8-9-29-18(14)15)20-23-24-21(19(22)27)25(20)12-4-6-13(28-3)7-5-12/h4-7,10-11,26H,8-9H2,1-3H3,(H2,22,27). The molecule has 150 valence electrons. The Balaban J connectivity index is 1.97. The third kappa shape index (κ3) is 3.23. The Morgan fingerprint density at radius 1 is 1.28 bits per heavy atom. The Labute approximate surface area is 172 Å². The number of hydrogen-bond donors (Lipinski definition) is 2. The van der Waals surface area contributed by atoms with E-state index < -0.39 is 5.91 Å². The quantitative estimate of drug-likeness (QED) is 0.667. The highest BCUT2D eigenvalue weighted by Gasteiger charge is 2.28. The Morgan fingerprint density at radius 2 is 2.00 bits per heavy atom. The van der Waals surface area contributed by atoms with Crippen LogP contribution >= 0.6 is 11.8 Å². The van der Waals surface area contributed by atoms with Crippen LogP contribution in [0.4, 0.5) is 0 Å². The monoisotopic (exact) mass is 410 g/mol. The van der Waals surface area contributed by atoms with E-state index in [2.05, 4.69) is 24.0 Å². The number of primary amides is 1. The summed E-state index contributed by atoms with van der Waals surface area (Å²) in [5, 5.41) is 19.3. The van der Waals surface area contributed by atoms with Gasteiger partial charge in [-0.25, -0.2) is 0 Å². The van der Waals surface area contributed by atoms with Crippen molar-refractivity contribution in [2.75, 3.05) is 12.9 Å². The van der Waals surface area contributed by atoms with Crippen molar-refractivity contribution >= 4 is 17.7 Å². The minimum atomic E-state index is -0.695. The second-order valence-electron chi connectivity index (χ2n) is 7.17. The molecule has 8 heteroatoms. The molecule has 0 atom stereocenters. The van der Waals surface area contributed by atoms with Crippen molar-refractivity contribution in [3.63, 3.8) is 0 Å². The molecule has 29 heavy (non-hydrogen) atoms. The predicted octanol–water partition coefficient (Wildman–Crippen LogP) is 3.52. The molecular weight excluding hydrogens is 388 g/mol. The predicted molar refractivity (Wildman–Crippen MR) is 112 cm³/mol. The van der Waals surface area contributed by atoms with Gasteiger partial charge < -0.3 is 15.6 Å². The number of amides is 1. The molecule has 0 saturated carbocycles. The van der Waals surface area contributed by atoms with E-state index in [1.807, 2.05) is 6.07 Å². The summed E-state index contributed by atoms with van der Waals surface area (Å²) < 4.78 is 6.80. The van der Waals surface area contributed by atoms with Gasteiger partial charge >= 0.3 is 0 Å². The van der Waals surface area contributed by atoms with Gasteiger partial charge in [0.2, 0.25) is 5.82 Å². The number of carbonyl (C=O) groups is 1. The second kappa shape index (κ2) is 7.44. The summed E-state index contributed by atoms with van der Waals surface area (Å²) in [7, 11) is 1.59. The van der Waals surface area contributed by atoms with Crippen molar-refractivity contribution in [3.8, 4) is 28.6 Å². The molecule has 0 fully saturated rings. The Kier molecular flexibility index (Phi) is 4.96. The summed E-state index contributed by atoms with van der Waals surface area (Å²) in [6, 6.07) is 9.10. The van der Waals surface area contributed by atoms with E-state index >= 15 is 0 Å². The summed E-state index contributed by atoms with van der Waals surface area (Å²) in [6.45, 7) is 4.25. The smallest absolute Gasteiger partial charge is 0.287 e. The Hall–Kier alpha value is -3.00. The van der Waals surface area contributed by atoms with Gasteiger partial charge in [0.05, 0.1) is 12.7 Å². The van der Waals surface area contributed by atoms with Crippen LogP contribution in [0.5, 0.6) is 11.5 Å². The maximum Gasteiger partial charge on any atom is 0.287 e. The fourth-order valence-corrected chi connectivity index (χ4v) is 4.93. The van der Waals surface area contributed by atoms with E-state index in [9.17, 15) is 9.90 Å². The first-order valence-electron chi connectivity index (χ1n) is 9.34. The van der Waals surface area contributed by atoms with Crippen LogP contribution in [-0.2, 0) is 6.42 Å². The van der Waals surface area contributed by atoms with Gasteiger partial charge in [-0.3, -0.25) is 9.36 Å². The zero-order valence-corrected chi connectivity index (χ0v) is 17.3. The lowest BCUT2D eigenvalue weighted by atomic mass is 9.95. The zero-order chi connectivity index (χ0) is 20.7. The fraction of sp³-hybridized carbons (Fsp3) is 0.286.